The minimum absolute atomic E-state index is 0.0268. The predicted octanol–water partition coefficient (Wildman–Crippen LogP) is 3.78. The largest absolute Gasteiger partial charge is 0.328 e. The second-order valence-corrected chi connectivity index (χ2v) is 11.2. The van der Waals surface area contributed by atoms with Gasteiger partial charge < -0.3 is 10.5 Å². The van der Waals surface area contributed by atoms with E-state index < -0.39 is 5.60 Å². The van der Waals surface area contributed by atoms with Gasteiger partial charge in [0.05, 0.1) is 0 Å². The summed E-state index contributed by atoms with van der Waals surface area (Å²) in [6.45, 7) is 8.98. The van der Waals surface area contributed by atoms with Crippen LogP contribution in [-0.2, 0) is 14.4 Å². The smallest absolute Gasteiger partial charge is 0.139 e. The van der Waals surface area contributed by atoms with Crippen molar-refractivity contribution in [1.29, 1.82) is 0 Å². The molecule has 4 aliphatic carbocycles. The Morgan fingerprint density at radius 3 is 2.69 bits per heavy atom. The highest BCUT2D eigenvalue weighted by atomic mass is 16.7. The van der Waals surface area contributed by atoms with Crippen LogP contribution in [0.5, 0.6) is 0 Å². The molecule has 29 heavy (non-hydrogen) atoms. The number of fused-ring (bicyclic) bond motifs is 5. The number of carbonyl (C=O) groups is 2. The lowest BCUT2D eigenvalue weighted by molar-refractivity contribution is -0.143. The molecule has 0 aromatic carbocycles. The highest BCUT2D eigenvalue weighted by molar-refractivity contribution is 5.87. The second-order valence-electron chi connectivity index (χ2n) is 11.2. The highest BCUT2D eigenvalue weighted by Crippen LogP contribution is 2.65. The van der Waals surface area contributed by atoms with Crippen LogP contribution in [0.25, 0.3) is 0 Å². The number of hydrogen-bond donors (Lipinski definition) is 2. The SMILES string of the molecule is CC(C)(CN)ONC1=CC2C(C=O)C[C@@H]3[C@H](CC[C@]4(C)C(=O)CC[C@@H]34)[C@@]2(C)CC1. The van der Waals surface area contributed by atoms with E-state index in [1.54, 1.807) is 0 Å². The van der Waals surface area contributed by atoms with Gasteiger partial charge in [0, 0.05) is 30.0 Å². The molecule has 4 aliphatic rings. The minimum atomic E-state index is -0.424. The Hall–Kier alpha value is -1.20. The molecule has 0 bridgehead atoms. The second kappa shape index (κ2) is 7.19. The molecule has 5 heteroatoms. The summed E-state index contributed by atoms with van der Waals surface area (Å²) >= 11 is 0. The number of hydroxylamine groups is 1. The molecule has 7 atom stereocenters. The van der Waals surface area contributed by atoms with Crippen LogP contribution in [0.15, 0.2) is 11.8 Å². The van der Waals surface area contributed by atoms with Crippen LogP contribution in [-0.4, -0.2) is 24.2 Å². The summed E-state index contributed by atoms with van der Waals surface area (Å²) in [5, 5.41) is 0. The zero-order valence-electron chi connectivity index (χ0n) is 18.5. The van der Waals surface area contributed by atoms with Gasteiger partial charge in [0.2, 0.25) is 0 Å². The normalized spacial score (nSPS) is 44.4. The number of Topliss-reactive ketones (excluding diaryl/α,β-unsaturated/α-hetero) is 1. The van der Waals surface area contributed by atoms with Crippen LogP contribution in [0.3, 0.4) is 0 Å². The van der Waals surface area contributed by atoms with Crippen LogP contribution in [0.2, 0.25) is 0 Å². The molecule has 0 spiro atoms. The van der Waals surface area contributed by atoms with Gasteiger partial charge in [-0.15, -0.1) is 0 Å². The number of carbonyl (C=O) groups excluding carboxylic acids is 2. The molecule has 2 unspecified atom stereocenters. The van der Waals surface area contributed by atoms with Crippen molar-refractivity contribution in [2.75, 3.05) is 6.54 Å². The van der Waals surface area contributed by atoms with Crippen molar-refractivity contribution in [2.45, 2.75) is 78.2 Å². The third kappa shape index (κ3) is 3.29. The van der Waals surface area contributed by atoms with Gasteiger partial charge in [-0.05, 0) is 81.5 Å². The Labute approximate surface area is 175 Å². The average molecular weight is 403 g/mol. The maximum absolute atomic E-state index is 12.6. The third-order valence-electron chi connectivity index (χ3n) is 9.20. The first-order chi connectivity index (χ1) is 13.6. The number of hydrogen-bond acceptors (Lipinski definition) is 5. The lowest BCUT2D eigenvalue weighted by Gasteiger charge is -2.60. The van der Waals surface area contributed by atoms with Crippen molar-refractivity contribution in [3.63, 3.8) is 0 Å². The highest BCUT2D eigenvalue weighted by Gasteiger charge is 2.61. The molecule has 0 aliphatic heterocycles. The maximum Gasteiger partial charge on any atom is 0.139 e. The number of nitrogens with one attached hydrogen (secondary N) is 1. The van der Waals surface area contributed by atoms with E-state index in [2.05, 4.69) is 25.4 Å². The van der Waals surface area contributed by atoms with Crippen molar-refractivity contribution >= 4 is 12.1 Å². The van der Waals surface area contributed by atoms with Crippen molar-refractivity contribution < 1.29 is 14.4 Å². The van der Waals surface area contributed by atoms with Crippen molar-refractivity contribution in [3.05, 3.63) is 11.8 Å². The number of aldehydes is 1. The third-order valence-corrected chi connectivity index (χ3v) is 9.20. The van der Waals surface area contributed by atoms with Crippen molar-refractivity contribution in [2.24, 2.45) is 46.2 Å². The molecule has 3 fully saturated rings. The number of rotatable bonds is 5. The van der Waals surface area contributed by atoms with Gasteiger partial charge in [-0.1, -0.05) is 19.9 Å². The first-order valence-corrected chi connectivity index (χ1v) is 11.5. The van der Waals surface area contributed by atoms with E-state index in [0.717, 1.165) is 50.6 Å². The molecular formula is C24H38N2O3. The molecule has 4 rings (SSSR count). The molecular weight excluding hydrogens is 364 g/mol. The van der Waals surface area contributed by atoms with E-state index >= 15 is 0 Å². The van der Waals surface area contributed by atoms with E-state index in [4.69, 9.17) is 10.6 Å². The van der Waals surface area contributed by atoms with Gasteiger partial charge >= 0.3 is 0 Å². The number of allylic oxidation sites excluding steroid dienone is 2. The summed E-state index contributed by atoms with van der Waals surface area (Å²) in [6, 6.07) is 0. The fourth-order valence-electron chi connectivity index (χ4n) is 7.24. The number of nitrogens with two attached hydrogens (primary N) is 1. The fraction of sp³-hybridized carbons (Fsp3) is 0.833. The first-order valence-electron chi connectivity index (χ1n) is 11.5. The van der Waals surface area contributed by atoms with Gasteiger partial charge in [0.1, 0.15) is 17.7 Å². The summed E-state index contributed by atoms with van der Waals surface area (Å²) in [5.41, 5.74) is 9.56. The van der Waals surface area contributed by atoms with Crippen LogP contribution >= 0.6 is 0 Å². The minimum Gasteiger partial charge on any atom is -0.328 e. The van der Waals surface area contributed by atoms with Gasteiger partial charge in [0.15, 0.2) is 0 Å². The quantitative estimate of drug-likeness (QED) is 0.540. The lowest BCUT2D eigenvalue weighted by Crippen LogP contribution is -2.55. The van der Waals surface area contributed by atoms with Crippen molar-refractivity contribution in [3.8, 4) is 0 Å². The Kier molecular flexibility index (Phi) is 5.22. The predicted molar refractivity (Wildman–Crippen MR) is 112 cm³/mol. The van der Waals surface area contributed by atoms with E-state index in [1.165, 1.54) is 6.29 Å². The maximum atomic E-state index is 12.6. The van der Waals surface area contributed by atoms with Gasteiger partial charge in [0.25, 0.3) is 0 Å². The Bertz CT molecular complexity index is 717. The first kappa shape index (κ1) is 21.0. The molecule has 3 N–H and O–H groups in total. The molecule has 0 saturated heterocycles. The Morgan fingerprint density at radius 2 is 2.00 bits per heavy atom. The summed E-state index contributed by atoms with van der Waals surface area (Å²) in [5.74, 6) is 2.30. The summed E-state index contributed by atoms with van der Waals surface area (Å²) in [4.78, 5) is 30.6. The molecule has 0 radical (unpaired) electrons. The molecule has 0 aromatic rings. The van der Waals surface area contributed by atoms with Crippen LogP contribution in [0, 0.1) is 40.4 Å². The molecule has 0 aromatic heterocycles. The van der Waals surface area contributed by atoms with Gasteiger partial charge in [-0.3, -0.25) is 15.1 Å². The van der Waals surface area contributed by atoms with Gasteiger partial charge in [-0.2, -0.15) is 0 Å². The zero-order valence-corrected chi connectivity index (χ0v) is 18.5. The Balaban J connectivity index is 1.59. The monoisotopic (exact) mass is 402 g/mol. The molecule has 162 valence electrons. The van der Waals surface area contributed by atoms with E-state index in [-0.39, 0.29) is 22.7 Å². The number of ketones is 1. The Morgan fingerprint density at radius 1 is 1.24 bits per heavy atom. The lowest BCUT2D eigenvalue weighted by atomic mass is 9.44. The van der Waals surface area contributed by atoms with Gasteiger partial charge in [-0.25, -0.2) is 0 Å². The standard InChI is InChI=1S/C24H38N2O3/c1-22(2,14-25)29-26-16-7-9-23(3)19-8-10-24(4)18(5-6-21(24)28)17(19)11-15(13-27)20(23)12-16/h12-13,15,17-20,26H,5-11,14,25H2,1-4H3/t15?,17-,18-,19-,20?,23+,24-/m0/s1. The summed E-state index contributed by atoms with van der Waals surface area (Å²) < 4.78 is 0. The van der Waals surface area contributed by atoms with Crippen LogP contribution in [0.1, 0.15) is 72.6 Å². The zero-order chi connectivity index (χ0) is 21.0. The average Bonchev–Trinajstić information content (AvgIpc) is 3.00. The molecule has 3 saturated carbocycles. The molecule has 0 amide bonds. The molecule has 5 nitrogen and oxygen atoms in total. The van der Waals surface area contributed by atoms with E-state index in [9.17, 15) is 9.59 Å². The topological polar surface area (TPSA) is 81.4 Å². The molecule has 0 heterocycles. The van der Waals surface area contributed by atoms with Crippen LogP contribution < -0.4 is 11.2 Å². The summed E-state index contributed by atoms with van der Waals surface area (Å²) in [6.07, 6.45) is 10.3. The summed E-state index contributed by atoms with van der Waals surface area (Å²) in [7, 11) is 0. The van der Waals surface area contributed by atoms with Crippen LogP contribution in [0.4, 0.5) is 0 Å². The van der Waals surface area contributed by atoms with E-state index in [0.29, 0.717) is 30.1 Å². The van der Waals surface area contributed by atoms with E-state index in [1.807, 2.05) is 13.8 Å². The fourth-order valence-corrected chi connectivity index (χ4v) is 7.24. The van der Waals surface area contributed by atoms with Crippen molar-refractivity contribution in [1.82, 2.24) is 5.48 Å².